The van der Waals surface area contributed by atoms with E-state index in [4.69, 9.17) is 93.0 Å². The van der Waals surface area contributed by atoms with Gasteiger partial charge in [-0.3, -0.25) is 19.6 Å². The molecule has 0 aromatic rings. The summed E-state index contributed by atoms with van der Waals surface area (Å²) in [4.78, 5) is 8.47. The van der Waals surface area contributed by atoms with E-state index in [1.165, 1.54) is 0 Å². The fourth-order valence-corrected chi connectivity index (χ4v) is 17.4. The summed E-state index contributed by atoms with van der Waals surface area (Å²) in [5.41, 5.74) is 11.0. The van der Waals surface area contributed by atoms with Crippen molar-refractivity contribution < 1.29 is 112 Å². The Morgan fingerprint density at radius 2 is 0.529 bits per heavy atom. The molecule has 38 heteroatoms. The zero-order valence-electron chi connectivity index (χ0n) is 67.7. The predicted octanol–water partition coefficient (Wildman–Crippen LogP) is -1.61. The second kappa shape index (κ2) is 65.0. The van der Waals surface area contributed by atoms with Crippen molar-refractivity contribution in [1.82, 2.24) is 40.9 Å². The minimum Gasteiger partial charge on any atom is -0.389 e. The van der Waals surface area contributed by atoms with Gasteiger partial charge in [0.1, 0.15) is 0 Å². The molecule has 0 fully saturated rings. The Kier molecular flexibility index (Phi) is 65.9. The summed E-state index contributed by atoms with van der Waals surface area (Å²) in [6.45, 7) is 28.2. The monoisotopic (exact) mass is 1580 g/mol. The lowest BCUT2D eigenvalue weighted by molar-refractivity contribution is -0.0601. The molecule has 0 saturated heterocycles. The number of rotatable bonds is 74. The summed E-state index contributed by atoms with van der Waals surface area (Å²) >= 11 is 0. The van der Waals surface area contributed by atoms with Crippen molar-refractivity contribution >= 4 is 35.2 Å². The lowest BCUT2D eigenvalue weighted by Gasteiger charge is -2.31. The third-order valence-electron chi connectivity index (χ3n) is 16.6. The minimum atomic E-state index is -2.65. The average molecular weight is 1580 g/mol. The van der Waals surface area contributed by atoms with Crippen LogP contribution in [0.25, 0.3) is 0 Å². The molecule has 0 amide bonds. The largest absolute Gasteiger partial charge is 0.500 e. The molecule has 0 spiro atoms. The molecule has 0 aliphatic heterocycles. The first-order valence-electron chi connectivity index (χ1n) is 36.9. The first kappa shape index (κ1) is 106. The van der Waals surface area contributed by atoms with Crippen molar-refractivity contribution in [2.45, 2.75) is 139 Å². The number of aliphatic hydroxyl groups excluding tert-OH is 6. The normalized spacial score (nSPS) is 14.8. The number of ether oxygens (including phenoxy) is 6. The van der Waals surface area contributed by atoms with Crippen LogP contribution in [0.4, 0.5) is 0 Å². The van der Waals surface area contributed by atoms with Crippen LogP contribution < -0.4 is 32.7 Å². The maximum Gasteiger partial charge on any atom is 0.500 e. The van der Waals surface area contributed by atoms with Gasteiger partial charge in [0.15, 0.2) is 0 Å². The Bertz CT molecular complexity index is 1860. The van der Waals surface area contributed by atoms with E-state index in [0.717, 1.165) is 32.6 Å². The molecule has 0 heterocycles. The molecule has 6 unspecified atom stereocenters. The van der Waals surface area contributed by atoms with Crippen LogP contribution in [-0.4, -0.2) is 429 Å². The number of nitrogens with zero attached hydrogens (tertiary/aromatic N) is 4. The highest BCUT2D eigenvalue weighted by atomic mass is 28.4. The van der Waals surface area contributed by atoms with E-state index >= 15 is 0 Å². The number of hydrogen-bond donors (Lipinski definition) is 12. The standard InChI is InChI=1S/2C33H77N5O12Si2/c1-33(2,3)50-29-32(41)26-38(25-31(40)28-49-21-11-23-52(45-7,46-8)47-9)19-16-36-14-13-35-15-18-37(17-12-34)24-30(39)27-48-20-10-22-51(42-4,43-5)44-6;1-33(2,3)50-29-32(41)26-38(17-15-35-13-14-36-24-30(39)27-48-20-10-22-51(42-4,43-5)44-6)19-18-37(16-12-34)25-31(40)28-49-21-11-23-52(45-7,46-8)47-9/h2*30-32,35-36,39-41H,10-29,34H2,1-9H3. The van der Waals surface area contributed by atoms with Crippen molar-refractivity contribution in [2.24, 2.45) is 11.5 Å². The zero-order valence-corrected chi connectivity index (χ0v) is 71.7. The zero-order chi connectivity index (χ0) is 78.6. The lowest BCUT2D eigenvalue weighted by Crippen LogP contribution is -2.46. The van der Waals surface area contributed by atoms with Gasteiger partial charge in [0.25, 0.3) is 0 Å². The van der Waals surface area contributed by atoms with Crippen LogP contribution in [-0.2, 0) is 81.5 Å². The molecule has 628 valence electrons. The van der Waals surface area contributed by atoms with E-state index < -0.39 is 71.8 Å². The molecule has 0 radical (unpaired) electrons. The number of hydrogen-bond acceptors (Lipinski definition) is 34. The van der Waals surface area contributed by atoms with Gasteiger partial charge in [-0.25, -0.2) is 0 Å². The van der Waals surface area contributed by atoms with Crippen LogP contribution in [0.15, 0.2) is 0 Å². The van der Waals surface area contributed by atoms with Gasteiger partial charge in [0, 0.05) is 280 Å². The van der Waals surface area contributed by atoms with E-state index in [2.05, 4.69) is 36.0 Å². The third kappa shape index (κ3) is 55.8. The van der Waals surface area contributed by atoms with E-state index in [1.807, 2.05) is 46.4 Å². The summed E-state index contributed by atoms with van der Waals surface area (Å²) in [6.07, 6.45) is -1.16. The van der Waals surface area contributed by atoms with Gasteiger partial charge in [-0.15, -0.1) is 0 Å². The molecule has 34 nitrogen and oxygen atoms in total. The van der Waals surface area contributed by atoms with Crippen LogP contribution in [0.3, 0.4) is 0 Å². The van der Waals surface area contributed by atoms with E-state index in [-0.39, 0.29) is 50.8 Å². The van der Waals surface area contributed by atoms with E-state index in [1.54, 1.807) is 85.3 Å². The van der Waals surface area contributed by atoms with Crippen LogP contribution in [0.1, 0.15) is 67.2 Å². The summed E-state index contributed by atoms with van der Waals surface area (Å²) < 4.78 is 99.5. The quantitative estimate of drug-likeness (QED) is 0.0241. The van der Waals surface area contributed by atoms with Gasteiger partial charge >= 0.3 is 35.2 Å². The van der Waals surface area contributed by atoms with E-state index in [0.29, 0.717) is 188 Å². The molecule has 0 aromatic carbocycles. The summed E-state index contributed by atoms with van der Waals surface area (Å²) in [6, 6.07) is 2.53. The fraction of sp³-hybridized carbons (Fsp3) is 1.00. The molecule has 0 saturated carbocycles. The molecular formula is C66H154N10O24Si4. The molecule has 0 rings (SSSR count). The molecule has 14 N–H and O–H groups in total. The number of aliphatic hydroxyl groups is 6. The average Bonchev–Trinajstić information content (AvgIpc) is 0.935. The van der Waals surface area contributed by atoms with Crippen LogP contribution in [0.2, 0.25) is 24.2 Å². The SMILES string of the molecule is CO[Si](CCCOCC(O)CN(CCN)CCNCCNCCN(CC(O)COCCC[Si](OC)(OC)OC)CC(O)COC(C)(C)C)(OC)OC.CO[Si](CCCOCC(O)CNCCNCCN(CCN(CCN)CC(O)COCCC[Si](OC)(OC)OC)CC(O)COC(C)(C)C)(OC)OC. The highest BCUT2D eigenvalue weighted by Gasteiger charge is 2.40. The molecule has 0 aliphatic rings. The summed E-state index contributed by atoms with van der Waals surface area (Å²) in [5.74, 6) is 0. The number of nitrogens with two attached hydrogens (primary N) is 2. The Labute approximate surface area is 631 Å². The maximum atomic E-state index is 10.8. The van der Waals surface area contributed by atoms with Gasteiger partial charge in [0.2, 0.25) is 0 Å². The highest BCUT2D eigenvalue weighted by Crippen LogP contribution is 2.19. The number of nitrogens with one attached hydrogen (secondary N) is 4. The predicted molar refractivity (Wildman–Crippen MR) is 411 cm³/mol. The Morgan fingerprint density at radius 3 is 0.798 bits per heavy atom. The van der Waals surface area contributed by atoms with Crippen molar-refractivity contribution in [3.63, 3.8) is 0 Å². The maximum absolute atomic E-state index is 10.8. The molecular weight excluding hydrogens is 1430 g/mol. The van der Waals surface area contributed by atoms with Gasteiger partial charge < -0.3 is 145 Å². The Morgan fingerprint density at radius 1 is 0.298 bits per heavy atom. The second-order valence-corrected chi connectivity index (χ2v) is 39.7. The molecule has 0 aliphatic carbocycles. The second-order valence-electron chi connectivity index (χ2n) is 27.4. The van der Waals surface area contributed by atoms with E-state index in [9.17, 15) is 30.6 Å². The van der Waals surface area contributed by atoms with Crippen molar-refractivity contribution in [3.05, 3.63) is 0 Å². The van der Waals surface area contributed by atoms with Crippen molar-refractivity contribution in [1.29, 1.82) is 0 Å². The molecule has 104 heavy (non-hydrogen) atoms. The van der Waals surface area contributed by atoms with Crippen LogP contribution >= 0.6 is 0 Å². The first-order valence-corrected chi connectivity index (χ1v) is 44.7. The molecule has 6 atom stereocenters. The fourth-order valence-electron chi connectivity index (χ4n) is 10.7. The summed E-state index contributed by atoms with van der Waals surface area (Å²) in [7, 11) is 8.54. The first-order chi connectivity index (χ1) is 49.5. The molecule has 0 bridgehead atoms. The van der Waals surface area contributed by atoms with Gasteiger partial charge in [-0.05, 0) is 67.2 Å². The van der Waals surface area contributed by atoms with Crippen LogP contribution in [0, 0.1) is 0 Å². The highest BCUT2D eigenvalue weighted by molar-refractivity contribution is 6.61. The third-order valence-corrected chi connectivity index (χ3v) is 27.9. The topological polar surface area (TPSA) is 401 Å². The minimum absolute atomic E-state index is 0.176. The smallest absolute Gasteiger partial charge is 0.389 e. The Balaban J connectivity index is 0. The van der Waals surface area contributed by atoms with Crippen molar-refractivity contribution in [2.75, 3.05) is 295 Å². The van der Waals surface area contributed by atoms with Crippen LogP contribution in [0.5, 0.6) is 0 Å². The lowest BCUT2D eigenvalue weighted by atomic mass is 10.2. The van der Waals surface area contributed by atoms with Gasteiger partial charge in [0.05, 0.1) is 87.5 Å². The van der Waals surface area contributed by atoms with Gasteiger partial charge in [-0.2, -0.15) is 0 Å². The van der Waals surface area contributed by atoms with Gasteiger partial charge in [-0.1, -0.05) is 0 Å². The Hall–Kier alpha value is -0.492. The molecule has 0 aromatic heterocycles. The summed E-state index contributed by atoms with van der Waals surface area (Å²) in [5, 5.41) is 77.2. The van der Waals surface area contributed by atoms with Crippen molar-refractivity contribution in [3.8, 4) is 0 Å².